The third kappa shape index (κ3) is 2.57. The molecule has 2 nitrogen and oxygen atoms in total. The number of hydrogen-bond acceptors (Lipinski definition) is 3. The molecule has 12 heavy (non-hydrogen) atoms. The first-order chi connectivity index (χ1) is 5.74. The minimum Gasteiger partial charge on any atom is -0.507 e. The first-order valence-corrected chi connectivity index (χ1v) is 5.28. The molecular formula is C8H6INOS. The van der Waals surface area contributed by atoms with Crippen molar-refractivity contribution < 1.29 is 5.11 Å². The van der Waals surface area contributed by atoms with E-state index in [1.807, 2.05) is 12.1 Å². The van der Waals surface area contributed by atoms with Gasteiger partial charge in [-0.25, -0.2) is 0 Å². The second-order valence-corrected chi connectivity index (χ2v) is 4.27. The van der Waals surface area contributed by atoms with E-state index in [1.165, 1.54) is 11.8 Å². The number of thioether (sulfide) groups is 1. The van der Waals surface area contributed by atoms with Gasteiger partial charge in [0.05, 0.1) is 15.4 Å². The fraction of sp³-hybridized carbons (Fsp3) is 0.125. The lowest BCUT2D eigenvalue weighted by molar-refractivity contribution is 0.471. The maximum Gasteiger partial charge on any atom is 0.128 e. The summed E-state index contributed by atoms with van der Waals surface area (Å²) in [4.78, 5) is 1.01. The van der Waals surface area contributed by atoms with Crippen LogP contribution in [0, 0.1) is 14.9 Å². The average Bonchev–Trinajstić information content (AvgIpc) is 2.07. The van der Waals surface area contributed by atoms with Crippen LogP contribution in [0.5, 0.6) is 5.75 Å². The molecule has 1 rings (SSSR count). The number of halogens is 1. The number of aromatic hydroxyl groups is 1. The molecule has 0 aliphatic carbocycles. The Morgan fingerprint density at radius 3 is 2.92 bits per heavy atom. The Morgan fingerprint density at radius 1 is 1.58 bits per heavy atom. The molecular weight excluding hydrogens is 285 g/mol. The molecule has 62 valence electrons. The van der Waals surface area contributed by atoms with E-state index < -0.39 is 0 Å². The van der Waals surface area contributed by atoms with Gasteiger partial charge in [-0.3, -0.25) is 0 Å². The third-order valence-electron chi connectivity index (χ3n) is 1.22. The third-order valence-corrected chi connectivity index (χ3v) is 2.95. The van der Waals surface area contributed by atoms with Crippen molar-refractivity contribution in [1.82, 2.24) is 0 Å². The second kappa shape index (κ2) is 4.58. The van der Waals surface area contributed by atoms with Gasteiger partial charge in [-0.05, 0) is 40.8 Å². The first kappa shape index (κ1) is 9.68. The van der Waals surface area contributed by atoms with E-state index in [0.29, 0.717) is 5.75 Å². The van der Waals surface area contributed by atoms with Gasteiger partial charge in [-0.15, -0.1) is 11.8 Å². The molecule has 1 N–H and O–H groups in total. The van der Waals surface area contributed by atoms with E-state index >= 15 is 0 Å². The molecule has 0 radical (unpaired) electrons. The van der Waals surface area contributed by atoms with Crippen molar-refractivity contribution in [2.75, 3.05) is 5.75 Å². The van der Waals surface area contributed by atoms with E-state index in [0.717, 1.165) is 8.47 Å². The fourth-order valence-corrected chi connectivity index (χ4v) is 2.02. The summed E-state index contributed by atoms with van der Waals surface area (Å²) < 4.78 is 0.815. The summed E-state index contributed by atoms with van der Waals surface area (Å²) in [5.74, 6) is 0.734. The maximum absolute atomic E-state index is 9.19. The smallest absolute Gasteiger partial charge is 0.128 e. The Morgan fingerprint density at radius 2 is 2.33 bits per heavy atom. The molecule has 0 amide bonds. The van der Waals surface area contributed by atoms with Crippen molar-refractivity contribution in [1.29, 1.82) is 5.26 Å². The lowest BCUT2D eigenvalue weighted by Gasteiger charge is -1.99. The number of phenols is 1. The predicted molar refractivity (Wildman–Crippen MR) is 57.2 cm³/mol. The van der Waals surface area contributed by atoms with Crippen LogP contribution in [-0.4, -0.2) is 10.9 Å². The molecule has 0 heterocycles. The zero-order valence-electron chi connectivity index (χ0n) is 6.12. The highest BCUT2D eigenvalue weighted by Gasteiger charge is 1.98. The van der Waals surface area contributed by atoms with Crippen molar-refractivity contribution in [3.63, 3.8) is 0 Å². The van der Waals surface area contributed by atoms with E-state index in [9.17, 15) is 5.11 Å². The van der Waals surface area contributed by atoms with Crippen LogP contribution in [0.4, 0.5) is 0 Å². The van der Waals surface area contributed by atoms with Crippen molar-refractivity contribution in [2.45, 2.75) is 4.90 Å². The number of rotatable bonds is 2. The minimum absolute atomic E-state index is 0.289. The molecule has 0 saturated carbocycles. The Kier molecular flexibility index (Phi) is 3.69. The average molecular weight is 291 g/mol. The SMILES string of the molecule is N#CCSc1ccc(O)c(I)c1. The summed E-state index contributed by atoms with van der Waals surface area (Å²) in [6.45, 7) is 0. The molecule has 1 aromatic carbocycles. The summed E-state index contributed by atoms with van der Waals surface area (Å²) in [5, 5.41) is 17.5. The number of benzene rings is 1. The van der Waals surface area contributed by atoms with Crippen LogP contribution in [0.25, 0.3) is 0 Å². The summed E-state index contributed by atoms with van der Waals surface area (Å²) >= 11 is 3.52. The summed E-state index contributed by atoms with van der Waals surface area (Å²) in [6, 6.07) is 7.35. The van der Waals surface area contributed by atoms with Crippen LogP contribution in [-0.2, 0) is 0 Å². The predicted octanol–water partition coefficient (Wildman–Crippen LogP) is 2.61. The van der Waals surface area contributed by atoms with Gasteiger partial charge in [0.15, 0.2) is 0 Å². The van der Waals surface area contributed by atoms with Crippen molar-refractivity contribution in [3.8, 4) is 11.8 Å². The van der Waals surface area contributed by atoms with E-state index in [1.54, 1.807) is 12.1 Å². The highest BCUT2D eigenvalue weighted by Crippen LogP contribution is 2.25. The molecule has 0 spiro atoms. The van der Waals surface area contributed by atoms with Gasteiger partial charge in [0.2, 0.25) is 0 Å². The van der Waals surface area contributed by atoms with Gasteiger partial charge in [0.25, 0.3) is 0 Å². The molecule has 0 bridgehead atoms. The number of nitrogens with zero attached hydrogens (tertiary/aromatic N) is 1. The van der Waals surface area contributed by atoms with Gasteiger partial charge >= 0.3 is 0 Å². The van der Waals surface area contributed by atoms with Crippen LogP contribution >= 0.6 is 34.4 Å². The Hall–Kier alpha value is -0.410. The molecule has 0 aliphatic heterocycles. The van der Waals surface area contributed by atoms with E-state index in [-0.39, 0.29) is 5.75 Å². The summed E-state index contributed by atoms with van der Waals surface area (Å²) in [6.07, 6.45) is 0. The highest BCUT2D eigenvalue weighted by atomic mass is 127. The maximum atomic E-state index is 9.19. The zero-order valence-corrected chi connectivity index (χ0v) is 9.09. The van der Waals surface area contributed by atoms with E-state index in [4.69, 9.17) is 5.26 Å². The van der Waals surface area contributed by atoms with Gasteiger partial charge in [0, 0.05) is 4.90 Å². The number of phenolic OH excluding ortho intramolecular Hbond substituents is 1. The quantitative estimate of drug-likeness (QED) is 0.673. The van der Waals surface area contributed by atoms with Gasteiger partial charge in [-0.1, -0.05) is 0 Å². The number of hydrogen-bond donors (Lipinski definition) is 1. The Balaban J connectivity index is 2.77. The second-order valence-electron chi connectivity index (χ2n) is 2.06. The van der Waals surface area contributed by atoms with Crippen molar-refractivity contribution in [2.24, 2.45) is 0 Å². The molecule has 0 saturated heterocycles. The van der Waals surface area contributed by atoms with Crippen LogP contribution in [0.1, 0.15) is 0 Å². The lowest BCUT2D eigenvalue weighted by atomic mass is 10.3. The Bertz CT molecular complexity index is 321. The van der Waals surface area contributed by atoms with Crippen molar-refractivity contribution in [3.05, 3.63) is 21.8 Å². The van der Waals surface area contributed by atoms with E-state index in [2.05, 4.69) is 22.6 Å². The monoisotopic (exact) mass is 291 g/mol. The van der Waals surface area contributed by atoms with Crippen LogP contribution < -0.4 is 0 Å². The largest absolute Gasteiger partial charge is 0.507 e. The standard InChI is InChI=1S/C8H6INOS/c9-7-5-6(12-4-3-10)1-2-8(7)11/h1-2,5,11H,4H2. The molecule has 0 unspecified atom stereocenters. The Labute approximate surface area is 88.7 Å². The van der Waals surface area contributed by atoms with Crippen LogP contribution in [0.2, 0.25) is 0 Å². The lowest BCUT2D eigenvalue weighted by Crippen LogP contribution is -1.77. The molecule has 1 aromatic rings. The normalized spacial score (nSPS) is 9.33. The van der Waals surface area contributed by atoms with Crippen LogP contribution in [0.3, 0.4) is 0 Å². The zero-order chi connectivity index (χ0) is 8.97. The van der Waals surface area contributed by atoms with Crippen LogP contribution in [0.15, 0.2) is 23.1 Å². The van der Waals surface area contributed by atoms with Gasteiger partial charge < -0.3 is 5.11 Å². The summed E-state index contributed by atoms with van der Waals surface area (Å²) in [7, 11) is 0. The molecule has 0 fully saturated rings. The highest BCUT2D eigenvalue weighted by molar-refractivity contribution is 14.1. The molecule has 0 atom stereocenters. The van der Waals surface area contributed by atoms with Crippen molar-refractivity contribution >= 4 is 34.4 Å². The summed E-state index contributed by atoms with van der Waals surface area (Å²) in [5.41, 5.74) is 0. The molecule has 0 aromatic heterocycles. The molecule has 4 heteroatoms. The minimum atomic E-state index is 0.289. The first-order valence-electron chi connectivity index (χ1n) is 3.22. The van der Waals surface area contributed by atoms with Gasteiger partial charge in [0.1, 0.15) is 5.75 Å². The number of nitriles is 1. The fourth-order valence-electron chi connectivity index (χ4n) is 0.693. The van der Waals surface area contributed by atoms with Gasteiger partial charge in [-0.2, -0.15) is 5.26 Å². The topological polar surface area (TPSA) is 44.0 Å². The molecule has 0 aliphatic rings.